The van der Waals surface area contributed by atoms with Crippen LogP contribution in [0.5, 0.6) is 0 Å². The summed E-state index contributed by atoms with van der Waals surface area (Å²) < 4.78 is 5.58. The lowest BCUT2D eigenvalue weighted by atomic mass is 9.80. The molecule has 1 aliphatic carbocycles. The highest BCUT2D eigenvalue weighted by atomic mass is 32.1. The van der Waals surface area contributed by atoms with Crippen LogP contribution in [-0.2, 0) is 4.74 Å². The van der Waals surface area contributed by atoms with Crippen molar-refractivity contribution in [2.75, 3.05) is 19.0 Å². The Morgan fingerprint density at radius 1 is 1.50 bits per heavy atom. The summed E-state index contributed by atoms with van der Waals surface area (Å²) in [5.74, 6) is 0. The average Bonchev–Trinajstić information content (AvgIpc) is 2.27. The van der Waals surface area contributed by atoms with Gasteiger partial charge in [0.1, 0.15) is 4.99 Å². The molecule has 2 rings (SSSR count). The Balaban J connectivity index is 2.02. The summed E-state index contributed by atoms with van der Waals surface area (Å²) in [6.07, 6.45) is 3.54. The molecule has 3 nitrogen and oxygen atoms in total. The molecular weight excluding hydrogens is 244 g/mol. The van der Waals surface area contributed by atoms with Crippen molar-refractivity contribution in [2.24, 2.45) is 5.73 Å². The van der Waals surface area contributed by atoms with Gasteiger partial charge >= 0.3 is 0 Å². The second-order valence-electron chi connectivity index (χ2n) is 4.99. The van der Waals surface area contributed by atoms with Gasteiger partial charge in [-0.05, 0) is 49.9 Å². The lowest BCUT2D eigenvalue weighted by molar-refractivity contribution is -0.0601. The maximum atomic E-state index is 5.65. The lowest BCUT2D eigenvalue weighted by Gasteiger charge is -2.40. The molecule has 0 bridgehead atoms. The van der Waals surface area contributed by atoms with Crippen molar-refractivity contribution >= 4 is 22.9 Å². The fraction of sp³-hybridized carbons (Fsp3) is 0.500. The van der Waals surface area contributed by atoms with Crippen LogP contribution in [0.4, 0.5) is 5.69 Å². The third-order valence-corrected chi connectivity index (χ3v) is 4.02. The van der Waals surface area contributed by atoms with Gasteiger partial charge in [0.05, 0.1) is 5.60 Å². The monoisotopic (exact) mass is 264 g/mol. The van der Waals surface area contributed by atoms with Crippen molar-refractivity contribution in [2.45, 2.75) is 31.8 Å². The van der Waals surface area contributed by atoms with Gasteiger partial charge in [-0.3, -0.25) is 0 Å². The zero-order valence-electron chi connectivity index (χ0n) is 11.0. The number of benzene rings is 1. The standard InChI is InChI=1S/C14H20N2OS/c1-10-8-11(4-5-12(10)13(15)18)16-9-14(17-2)6-3-7-14/h4-5,8,16H,3,6-7,9H2,1-2H3,(H2,15,18). The molecule has 0 atom stereocenters. The molecule has 0 heterocycles. The third-order valence-electron chi connectivity index (χ3n) is 3.80. The molecule has 1 aromatic rings. The van der Waals surface area contributed by atoms with Gasteiger partial charge < -0.3 is 15.8 Å². The number of nitrogens with two attached hydrogens (primary N) is 1. The van der Waals surface area contributed by atoms with Gasteiger partial charge in [0.15, 0.2) is 0 Å². The highest BCUT2D eigenvalue weighted by molar-refractivity contribution is 7.80. The van der Waals surface area contributed by atoms with E-state index in [1.807, 2.05) is 19.1 Å². The minimum Gasteiger partial charge on any atom is -0.389 e. The number of ether oxygens (including phenoxy) is 1. The minimum absolute atomic E-state index is 0.0374. The number of nitrogens with one attached hydrogen (secondary N) is 1. The van der Waals surface area contributed by atoms with E-state index in [1.54, 1.807) is 7.11 Å². The summed E-state index contributed by atoms with van der Waals surface area (Å²) in [4.78, 5) is 0.450. The van der Waals surface area contributed by atoms with Crippen molar-refractivity contribution in [3.63, 3.8) is 0 Å². The zero-order valence-corrected chi connectivity index (χ0v) is 11.8. The normalized spacial score (nSPS) is 17.0. The fourth-order valence-corrected chi connectivity index (χ4v) is 2.57. The Morgan fingerprint density at radius 2 is 2.22 bits per heavy atom. The van der Waals surface area contributed by atoms with Crippen molar-refractivity contribution in [1.29, 1.82) is 0 Å². The van der Waals surface area contributed by atoms with Gasteiger partial charge in [-0.1, -0.05) is 12.2 Å². The highest BCUT2D eigenvalue weighted by Crippen LogP contribution is 2.35. The number of anilines is 1. The summed E-state index contributed by atoms with van der Waals surface area (Å²) in [6.45, 7) is 2.88. The first-order valence-electron chi connectivity index (χ1n) is 6.26. The molecule has 98 valence electrons. The Labute approximate surface area is 114 Å². The molecule has 0 radical (unpaired) electrons. The molecule has 0 unspecified atom stereocenters. The van der Waals surface area contributed by atoms with E-state index in [1.165, 1.54) is 6.42 Å². The topological polar surface area (TPSA) is 47.3 Å². The maximum absolute atomic E-state index is 5.65. The number of hydrogen-bond donors (Lipinski definition) is 2. The molecule has 4 heteroatoms. The summed E-state index contributed by atoms with van der Waals surface area (Å²) >= 11 is 5.00. The summed E-state index contributed by atoms with van der Waals surface area (Å²) in [5.41, 5.74) is 8.83. The molecule has 0 aliphatic heterocycles. The van der Waals surface area contributed by atoms with Crippen LogP contribution < -0.4 is 11.1 Å². The van der Waals surface area contributed by atoms with Crippen LogP contribution in [0.3, 0.4) is 0 Å². The summed E-state index contributed by atoms with van der Waals surface area (Å²) in [5, 5.41) is 3.44. The molecular formula is C14H20N2OS. The predicted molar refractivity (Wildman–Crippen MR) is 79.1 cm³/mol. The first-order valence-corrected chi connectivity index (χ1v) is 6.67. The van der Waals surface area contributed by atoms with E-state index in [-0.39, 0.29) is 5.60 Å². The van der Waals surface area contributed by atoms with Crippen LogP contribution in [0.15, 0.2) is 18.2 Å². The van der Waals surface area contributed by atoms with Gasteiger partial charge in [0, 0.05) is 24.9 Å². The van der Waals surface area contributed by atoms with E-state index in [0.29, 0.717) is 4.99 Å². The molecule has 1 aromatic carbocycles. The van der Waals surface area contributed by atoms with Gasteiger partial charge in [0.25, 0.3) is 0 Å². The molecule has 0 aromatic heterocycles. The predicted octanol–water partition coefficient (Wildman–Crippen LogP) is 2.61. The maximum Gasteiger partial charge on any atom is 0.104 e. The molecule has 0 saturated heterocycles. The Hall–Kier alpha value is -1.13. The van der Waals surface area contributed by atoms with E-state index in [4.69, 9.17) is 22.7 Å². The number of thiocarbonyl (C=S) groups is 1. The average molecular weight is 264 g/mol. The molecule has 3 N–H and O–H groups in total. The number of aryl methyl sites for hydroxylation is 1. The van der Waals surface area contributed by atoms with Crippen LogP contribution in [0, 0.1) is 6.92 Å². The van der Waals surface area contributed by atoms with Crippen LogP contribution in [0.1, 0.15) is 30.4 Å². The minimum atomic E-state index is 0.0374. The van der Waals surface area contributed by atoms with E-state index in [9.17, 15) is 0 Å². The SMILES string of the molecule is COC1(CNc2ccc(C(N)=S)c(C)c2)CCC1. The van der Waals surface area contributed by atoms with E-state index < -0.39 is 0 Å². The summed E-state index contributed by atoms with van der Waals surface area (Å²) in [6, 6.07) is 6.07. The summed E-state index contributed by atoms with van der Waals surface area (Å²) in [7, 11) is 1.79. The lowest BCUT2D eigenvalue weighted by Crippen LogP contribution is -2.45. The Kier molecular flexibility index (Phi) is 3.88. The first-order chi connectivity index (χ1) is 8.56. The molecule has 1 fully saturated rings. The number of rotatable bonds is 5. The van der Waals surface area contributed by atoms with Crippen LogP contribution in [0.2, 0.25) is 0 Å². The molecule has 18 heavy (non-hydrogen) atoms. The Bertz CT molecular complexity index is 450. The Morgan fingerprint density at radius 3 is 2.67 bits per heavy atom. The van der Waals surface area contributed by atoms with Gasteiger partial charge in [-0.2, -0.15) is 0 Å². The van der Waals surface area contributed by atoms with Crippen molar-refractivity contribution in [1.82, 2.24) is 0 Å². The molecule has 1 saturated carbocycles. The van der Waals surface area contributed by atoms with Gasteiger partial charge in [-0.25, -0.2) is 0 Å². The number of hydrogen-bond acceptors (Lipinski definition) is 3. The number of methoxy groups -OCH3 is 1. The largest absolute Gasteiger partial charge is 0.389 e. The van der Waals surface area contributed by atoms with Crippen molar-refractivity contribution in [3.8, 4) is 0 Å². The highest BCUT2D eigenvalue weighted by Gasteiger charge is 2.36. The van der Waals surface area contributed by atoms with Crippen LogP contribution >= 0.6 is 12.2 Å². The third kappa shape index (κ3) is 2.65. The van der Waals surface area contributed by atoms with Gasteiger partial charge in [0.2, 0.25) is 0 Å². The first kappa shape index (κ1) is 13.3. The van der Waals surface area contributed by atoms with E-state index in [2.05, 4.69) is 11.4 Å². The van der Waals surface area contributed by atoms with Crippen molar-refractivity contribution in [3.05, 3.63) is 29.3 Å². The van der Waals surface area contributed by atoms with Crippen LogP contribution in [0.25, 0.3) is 0 Å². The van der Waals surface area contributed by atoms with Crippen molar-refractivity contribution < 1.29 is 4.74 Å². The second-order valence-corrected chi connectivity index (χ2v) is 5.43. The molecule has 1 aliphatic rings. The van der Waals surface area contributed by atoms with E-state index >= 15 is 0 Å². The van der Waals surface area contributed by atoms with E-state index in [0.717, 1.165) is 36.2 Å². The fourth-order valence-electron chi connectivity index (χ4n) is 2.34. The van der Waals surface area contributed by atoms with Crippen LogP contribution in [-0.4, -0.2) is 24.2 Å². The van der Waals surface area contributed by atoms with Gasteiger partial charge in [-0.15, -0.1) is 0 Å². The quantitative estimate of drug-likeness (QED) is 0.803. The molecule has 0 amide bonds. The smallest absolute Gasteiger partial charge is 0.104 e. The second kappa shape index (κ2) is 5.24. The zero-order chi connectivity index (χ0) is 13.2. The molecule has 0 spiro atoms.